The lowest BCUT2D eigenvalue weighted by Gasteiger charge is -2.37. The molecule has 0 aromatic heterocycles. The molecule has 0 aromatic carbocycles. The number of morpholine rings is 1. The average Bonchev–Trinajstić information content (AvgIpc) is 2.45. The summed E-state index contributed by atoms with van der Waals surface area (Å²) in [5.74, 6) is -0.194. The Bertz CT molecular complexity index is 369. The molecule has 20 heavy (non-hydrogen) atoms. The van der Waals surface area contributed by atoms with Crippen LogP contribution in [0.3, 0.4) is 0 Å². The molecule has 2 saturated heterocycles. The Morgan fingerprint density at radius 2 is 1.90 bits per heavy atom. The number of carbonyl (C=O) groups is 2. The van der Waals surface area contributed by atoms with Crippen molar-refractivity contribution in [3.05, 3.63) is 0 Å². The molecule has 2 fully saturated rings. The van der Waals surface area contributed by atoms with Gasteiger partial charge in [-0.15, -0.1) is 0 Å². The van der Waals surface area contributed by atoms with Crippen molar-refractivity contribution < 1.29 is 14.3 Å². The number of hydrogen-bond donors (Lipinski definition) is 1. The molecule has 0 aliphatic carbocycles. The van der Waals surface area contributed by atoms with Crippen LogP contribution in [0, 0.1) is 0 Å². The Labute approximate surface area is 120 Å². The van der Waals surface area contributed by atoms with E-state index in [0.717, 1.165) is 32.5 Å². The zero-order chi connectivity index (χ0) is 14.6. The van der Waals surface area contributed by atoms with Gasteiger partial charge in [0.15, 0.2) is 5.60 Å². The highest BCUT2D eigenvalue weighted by molar-refractivity contribution is 5.89. The van der Waals surface area contributed by atoms with Crippen molar-refractivity contribution in [3.63, 3.8) is 0 Å². The van der Waals surface area contributed by atoms with Gasteiger partial charge in [0.05, 0.1) is 13.2 Å². The van der Waals surface area contributed by atoms with Crippen LogP contribution in [0.2, 0.25) is 0 Å². The van der Waals surface area contributed by atoms with Crippen LogP contribution in [0.4, 0.5) is 0 Å². The zero-order valence-electron chi connectivity index (χ0n) is 12.5. The Kier molecular flexibility index (Phi) is 4.99. The van der Waals surface area contributed by atoms with Crippen molar-refractivity contribution in [2.75, 3.05) is 46.4 Å². The van der Waals surface area contributed by atoms with Crippen LogP contribution in [0.15, 0.2) is 0 Å². The summed E-state index contributed by atoms with van der Waals surface area (Å²) in [4.78, 5) is 28.1. The molecule has 2 amide bonds. The summed E-state index contributed by atoms with van der Waals surface area (Å²) in [6, 6.07) is 0. The van der Waals surface area contributed by atoms with Crippen LogP contribution in [0.1, 0.15) is 26.2 Å². The van der Waals surface area contributed by atoms with Gasteiger partial charge in [0, 0.05) is 26.2 Å². The van der Waals surface area contributed by atoms with Crippen LogP contribution in [-0.2, 0) is 14.3 Å². The normalized spacial score (nSPS) is 28.2. The molecule has 0 spiro atoms. The number of ether oxygens (including phenoxy) is 1. The van der Waals surface area contributed by atoms with E-state index in [1.54, 1.807) is 6.92 Å². The predicted octanol–water partition coefficient (Wildman–Crippen LogP) is -0.164. The van der Waals surface area contributed by atoms with E-state index in [9.17, 15) is 9.59 Å². The monoisotopic (exact) mass is 283 g/mol. The van der Waals surface area contributed by atoms with Gasteiger partial charge >= 0.3 is 0 Å². The van der Waals surface area contributed by atoms with Crippen LogP contribution >= 0.6 is 0 Å². The SMILES string of the molecule is CN1CCOC(C)(C(=O)NCC(=O)N2CCCCC2)C1. The first kappa shape index (κ1) is 15.3. The van der Waals surface area contributed by atoms with E-state index in [1.165, 1.54) is 6.42 Å². The molecule has 6 heteroatoms. The lowest BCUT2D eigenvalue weighted by molar-refractivity contribution is -0.156. The quantitative estimate of drug-likeness (QED) is 0.781. The highest BCUT2D eigenvalue weighted by Crippen LogP contribution is 2.16. The van der Waals surface area contributed by atoms with E-state index in [2.05, 4.69) is 10.2 Å². The summed E-state index contributed by atoms with van der Waals surface area (Å²) in [5, 5.41) is 2.73. The number of piperidine rings is 1. The van der Waals surface area contributed by atoms with Gasteiger partial charge in [0.25, 0.3) is 5.91 Å². The molecule has 2 rings (SSSR count). The van der Waals surface area contributed by atoms with E-state index in [1.807, 2.05) is 11.9 Å². The van der Waals surface area contributed by atoms with Crippen molar-refractivity contribution >= 4 is 11.8 Å². The second-order valence-corrected chi connectivity index (χ2v) is 5.94. The average molecular weight is 283 g/mol. The third-order valence-electron chi connectivity index (χ3n) is 4.05. The number of amides is 2. The van der Waals surface area contributed by atoms with Gasteiger partial charge in [-0.1, -0.05) is 0 Å². The molecule has 0 bridgehead atoms. The smallest absolute Gasteiger partial charge is 0.253 e. The molecule has 0 saturated carbocycles. The van der Waals surface area contributed by atoms with Gasteiger partial charge in [-0.25, -0.2) is 0 Å². The Balaban J connectivity index is 1.80. The van der Waals surface area contributed by atoms with Crippen molar-refractivity contribution in [2.45, 2.75) is 31.8 Å². The van der Waals surface area contributed by atoms with Gasteiger partial charge in [-0.2, -0.15) is 0 Å². The summed E-state index contributed by atoms with van der Waals surface area (Å²) in [6.45, 7) is 5.40. The summed E-state index contributed by atoms with van der Waals surface area (Å²) < 4.78 is 5.60. The highest BCUT2D eigenvalue weighted by Gasteiger charge is 2.38. The van der Waals surface area contributed by atoms with Crippen molar-refractivity contribution in [2.24, 2.45) is 0 Å². The van der Waals surface area contributed by atoms with Gasteiger partial charge in [0.1, 0.15) is 0 Å². The minimum Gasteiger partial charge on any atom is -0.363 e. The molecule has 0 radical (unpaired) electrons. The van der Waals surface area contributed by atoms with E-state index in [4.69, 9.17) is 4.74 Å². The first-order chi connectivity index (χ1) is 9.51. The molecule has 1 atom stereocenters. The van der Waals surface area contributed by atoms with E-state index < -0.39 is 5.60 Å². The number of nitrogens with one attached hydrogen (secondary N) is 1. The van der Waals surface area contributed by atoms with Crippen LogP contribution in [0.25, 0.3) is 0 Å². The molecule has 2 aliphatic heterocycles. The Hall–Kier alpha value is -1.14. The minimum absolute atomic E-state index is 0.00538. The van der Waals surface area contributed by atoms with Crippen LogP contribution in [0.5, 0.6) is 0 Å². The maximum Gasteiger partial charge on any atom is 0.253 e. The number of likely N-dealkylation sites (tertiary alicyclic amines) is 1. The molecular formula is C14H25N3O3. The molecule has 2 aliphatic rings. The van der Waals surface area contributed by atoms with Gasteiger partial charge < -0.3 is 19.9 Å². The summed E-state index contributed by atoms with van der Waals surface area (Å²) in [7, 11) is 1.97. The van der Waals surface area contributed by atoms with Crippen molar-refractivity contribution in [3.8, 4) is 0 Å². The minimum atomic E-state index is -0.852. The third kappa shape index (κ3) is 3.70. The molecule has 1 N–H and O–H groups in total. The van der Waals surface area contributed by atoms with Gasteiger partial charge in [-0.05, 0) is 33.2 Å². The number of carbonyl (C=O) groups excluding carboxylic acids is 2. The fourth-order valence-corrected chi connectivity index (χ4v) is 2.80. The lowest BCUT2D eigenvalue weighted by Crippen LogP contribution is -2.58. The van der Waals surface area contributed by atoms with E-state index in [0.29, 0.717) is 13.2 Å². The second kappa shape index (κ2) is 6.54. The standard InChI is InChI=1S/C14H25N3O3/c1-14(11-16(2)8-9-20-14)13(19)15-10-12(18)17-6-4-3-5-7-17/h3-11H2,1-2H3,(H,15,19). The molecular weight excluding hydrogens is 258 g/mol. The Morgan fingerprint density at radius 1 is 1.20 bits per heavy atom. The first-order valence-corrected chi connectivity index (χ1v) is 7.40. The molecule has 114 valence electrons. The molecule has 0 aromatic rings. The lowest BCUT2D eigenvalue weighted by atomic mass is 10.0. The fraction of sp³-hybridized carbons (Fsp3) is 0.857. The van der Waals surface area contributed by atoms with E-state index >= 15 is 0 Å². The highest BCUT2D eigenvalue weighted by atomic mass is 16.5. The third-order valence-corrected chi connectivity index (χ3v) is 4.05. The van der Waals surface area contributed by atoms with Crippen LogP contribution < -0.4 is 5.32 Å². The maximum absolute atomic E-state index is 12.2. The number of nitrogens with zero attached hydrogens (tertiary/aromatic N) is 2. The van der Waals surface area contributed by atoms with E-state index in [-0.39, 0.29) is 18.4 Å². The topological polar surface area (TPSA) is 61.9 Å². The maximum atomic E-state index is 12.2. The van der Waals surface area contributed by atoms with Gasteiger partial charge in [-0.3, -0.25) is 9.59 Å². The number of hydrogen-bond acceptors (Lipinski definition) is 4. The molecule has 1 unspecified atom stereocenters. The van der Waals surface area contributed by atoms with Gasteiger partial charge in [0.2, 0.25) is 5.91 Å². The fourth-order valence-electron chi connectivity index (χ4n) is 2.80. The largest absolute Gasteiger partial charge is 0.363 e. The van der Waals surface area contributed by atoms with Crippen molar-refractivity contribution in [1.82, 2.24) is 15.1 Å². The summed E-state index contributed by atoms with van der Waals surface area (Å²) >= 11 is 0. The summed E-state index contributed by atoms with van der Waals surface area (Å²) in [6.07, 6.45) is 3.31. The summed E-state index contributed by atoms with van der Waals surface area (Å²) in [5.41, 5.74) is -0.852. The predicted molar refractivity (Wildman–Crippen MR) is 75.3 cm³/mol. The van der Waals surface area contributed by atoms with Crippen LogP contribution in [-0.4, -0.2) is 73.6 Å². The zero-order valence-corrected chi connectivity index (χ0v) is 12.5. The number of likely N-dealkylation sites (N-methyl/N-ethyl adjacent to an activating group) is 1. The van der Waals surface area contributed by atoms with Crippen molar-refractivity contribution in [1.29, 1.82) is 0 Å². The second-order valence-electron chi connectivity index (χ2n) is 5.94. The molecule has 2 heterocycles. The Morgan fingerprint density at radius 3 is 2.55 bits per heavy atom. The molecule has 6 nitrogen and oxygen atoms in total. The first-order valence-electron chi connectivity index (χ1n) is 7.40. The number of rotatable bonds is 3.